The van der Waals surface area contributed by atoms with Gasteiger partial charge in [0.05, 0.1) is 95.4 Å². The molecule has 0 aromatic heterocycles. The van der Waals surface area contributed by atoms with Crippen molar-refractivity contribution >= 4 is 40.9 Å². The average molecular weight is 796 g/mol. The zero-order valence-electron chi connectivity index (χ0n) is 33.3. The van der Waals surface area contributed by atoms with Gasteiger partial charge in [-0.15, -0.1) is 0 Å². The number of amides is 5. The van der Waals surface area contributed by atoms with E-state index in [0.717, 1.165) is 42.1 Å². The van der Waals surface area contributed by atoms with Crippen molar-refractivity contribution in [1.29, 1.82) is 0 Å². The van der Waals surface area contributed by atoms with Gasteiger partial charge in [-0.1, -0.05) is 6.07 Å². The minimum Gasteiger partial charge on any atom is -0.489 e. The van der Waals surface area contributed by atoms with Crippen LogP contribution in [-0.2, 0) is 38.1 Å². The molecule has 16 heteroatoms. The van der Waals surface area contributed by atoms with Crippen LogP contribution in [0.4, 0.5) is 11.4 Å². The van der Waals surface area contributed by atoms with Gasteiger partial charge in [0.1, 0.15) is 11.8 Å². The first-order chi connectivity index (χ1) is 27.5. The van der Waals surface area contributed by atoms with Crippen LogP contribution in [0.2, 0.25) is 0 Å². The Bertz CT molecular complexity index is 1710. The molecule has 312 valence electrons. The van der Waals surface area contributed by atoms with Gasteiger partial charge in [-0.2, -0.15) is 0 Å². The molecule has 0 spiro atoms. The summed E-state index contributed by atoms with van der Waals surface area (Å²) in [5.74, 6) is -0.970. The number of nitrogen functional groups attached to an aromatic ring is 1. The van der Waals surface area contributed by atoms with Gasteiger partial charge in [0.25, 0.3) is 11.8 Å². The van der Waals surface area contributed by atoms with E-state index in [4.69, 9.17) is 34.2 Å². The Hall–Kier alpha value is -4.61. The monoisotopic (exact) mass is 795 g/mol. The number of nitrogens with one attached hydrogen (secondary N) is 2. The summed E-state index contributed by atoms with van der Waals surface area (Å²) in [6.07, 6.45) is 2.37. The number of carbonyl (C=O) groups is 5. The Labute approximate surface area is 334 Å². The highest BCUT2D eigenvalue weighted by Gasteiger charge is 2.45. The standard InChI is InChI=1S/C41H57N5O11/c1-27(2)57-35-26-31(28(3)25-32(35)42)29-9-13-45(14-10-29)37(48)11-15-52-17-19-54-21-23-56-24-22-55-20-18-53-16-12-43-33-6-4-5-30-38(33)41(51)46(40(30)50)34-7-8-36(47)44-39(34)49/h4-6,25-27,29,34,43H,7-24,42H2,1-3H3,(H,44,47,49). The van der Waals surface area contributed by atoms with E-state index in [1.807, 2.05) is 24.8 Å². The van der Waals surface area contributed by atoms with Crippen LogP contribution in [0.5, 0.6) is 5.75 Å². The summed E-state index contributed by atoms with van der Waals surface area (Å²) in [6.45, 7) is 11.8. The highest BCUT2D eigenvalue weighted by molar-refractivity contribution is 6.25. The Morgan fingerprint density at radius 2 is 1.46 bits per heavy atom. The van der Waals surface area contributed by atoms with Gasteiger partial charge in [0.15, 0.2) is 0 Å². The molecule has 4 N–H and O–H groups in total. The second kappa shape index (κ2) is 21.8. The normalized spacial score (nSPS) is 17.4. The first-order valence-corrected chi connectivity index (χ1v) is 19.9. The van der Waals surface area contributed by atoms with E-state index in [9.17, 15) is 24.0 Å². The van der Waals surface area contributed by atoms with Gasteiger partial charge in [0.2, 0.25) is 17.7 Å². The molecular formula is C41H57N5O11. The molecule has 16 nitrogen and oxygen atoms in total. The third-order valence-corrected chi connectivity index (χ3v) is 10.0. The number of anilines is 2. The molecule has 1 atom stereocenters. The second-order valence-electron chi connectivity index (χ2n) is 14.5. The summed E-state index contributed by atoms with van der Waals surface area (Å²) in [5, 5.41) is 5.34. The lowest BCUT2D eigenvalue weighted by Gasteiger charge is -2.33. The molecule has 2 aromatic rings. The number of rotatable bonds is 23. The van der Waals surface area contributed by atoms with Crippen LogP contribution in [0.25, 0.3) is 0 Å². The molecule has 5 rings (SSSR count). The third-order valence-electron chi connectivity index (χ3n) is 10.0. The molecule has 2 fully saturated rings. The lowest BCUT2D eigenvalue weighted by atomic mass is 9.86. The third kappa shape index (κ3) is 12.2. The molecule has 57 heavy (non-hydrogen) atoms. The van der Waals surface area contributed by atoms with Crippen LogP contribution in [0.1, 0.15) is 83.7 Å². The Balaban J connectivity index is 0.819. The van der Waals surface area contributed by atoms with Crippen LogP contribution < -0.4 is 21.1 Å². The van der Waals surface area contributed by atoms with Crippen molar-refractivity contribution in [3.63, 3.8) is 0 Å². The maximum absolute atomic E-state index is 13.2. The molecule has 0 bridgehead atoms. The van der Waals surface area contributed by atoms with E-state index in [1.165, 1.54) is 5.56 Å². The number of ether oxygens (including phenoxy) is 6. The van der Waals surface area contributed by atoms with E-state index >= 15 is 0 Å². The number of carbonyl (C=O) groups excluding carboxylic acids is 5. The van der Waals surface area contributed by atoms with Crippen LogP contribution in [0.15, 0.2) is 30.3 Å². The molecule has 3 heterocycles. The first-order valence-electron chi connectivity index (χ1n) is 19.9. The van der Waals surface area contributed by atoms with Gasteiger partial charge in [-0.05, 0) is 81.3 Å². The predicted octanol–water partition coefficient (Wildman–Crippen LogP) is 3.06. The summed E-state index contributed by atoms with van der Waals surface area (Å²) >= 11 is 0. The molecule has 3 aliphatic rings. The summed E-state index contributed by atoms with van der Waals surface area (Å²) in [6, 6.07) is 7.96. The minimum atomic E-state index is -1.01. The van der Waals surface area contributed by atoms with E-state index < -0.39 is 29.7 Å². The van der Waals surface area contributed by atoms with Crippen molar-refractivity contribution < 1.29 is 52.4 Å². The van der Waals surface area contributed by atoms with E-state index in [1.54, 1.807) is 18.2 Å². The average Bonchev–Trinajstić information content (AvgIpc) is 3.44. The number of hydrogen-bond donors (Lipinski definition) is 3. The summed E-state index contributed by atoms with van der Waals surface area (Å²) in [4.78, 5) is 65.6. The molecule has 3 aliphatic heterocycles. The fourth-order valence-electron chi connectivity index (χ4n) is 7.18. The number of piperidine rings is 2. The van der Waals surface area contributed by atoms with Crippen molar-refractivity contribution in [2.45, 2.75) is 70.9 Å². The van der Waals surface area contributed by atoms with Crippen molar-refractivity contribution in [1.82, 2.24) is 15.1 Å². The molecule has 0 saturated carbocycles. The topological polar surface area (TPSA) is 197 Å². The number of nitrogens with two attached hydrogens (primary N) is 1. The highest BCUT2D eigenvalue weighted by atomic mass is 16.6. The van der Waals surface area contributed by atoms with Crippen LogP contribution in [-0.4, -0.2) is 137 Å². The minimum absolute atomic E-state index is 0.0492. The number of imide groups is 2. The maximum Gasteiger partial charge on any atom is 0.264 e. The molecule has 0 radical (unpaired) electrons. The van der Waals surface area contributed by atoms with Crippen molar-refractivity contribution in [3.8, 4) is 5.75 Å². The number of fused-ring (bicyclic) bond motifs is 1. The summed E-state index contributed by atoms with van der Waals surface area (Å²) in [5.41, 5.74) is 10.1. The first kappa shape index (κ1) is 43.5. The van der Waals surface area contributed by atoms with Gasteiger partial charge in [-0.3, -0.25) is 34.2 Å². The van der Waals surface area contributed by atoms with Crippen molar-refractivity contribution in [2.24, 2.45) is 0 Å². The van der Waals surface area contributed by atoms with Gasteiger partial charge in [0, 0.05) is 31.7 Å². The Morgan fingerprint density at radius 1 is 0.842 bits per heavy atom. The fourth-order valence-corrected chi connectivity index (χ4v) is 7.18. The molecule has 5 amide bonds. The predicted molar refractivity (Wildman–Crippen MR) is 210 cm³/mol. The van der Waals surface area contributed by atoms with Crippen molar-refractivity contribution in [2.75, 3.05) is 96.8 Å². The molecule has 1 unspecified atom stereocenters. The highest BCUT2D eigenvalue weighted by Crippen LogP contribution is 2.36. The number of aryl methyl sites for hydroxylation is 1. The molecule has 0 aliphatic carbocycles. The van der Waals surface area contributed by atoms with Crippen LogP contribution in [0, 0.1) is 6.92 Å². The van der Waals surface area contributed by atoms with Gasteiger partial charge < -0.3 is 44.4 Å². The molecule has 2 saturated heterocycles. The molecular weight excluding hydrogens is 738 g/mol. The Morgan fingerprint density at radius 3 is 2.07 bits per heavy atom. The van der Waals surface area contributed by atoms with E-state index in [0.29, 0.717) is 96.3 Å². The van der Waals surface area contributed by atoms with Crippen LogP contribution >= 0.6 is 0 Å². The number of nitrogens with zero attached hydrogens (tertiary/aromatic N) is 2. The number of hydrogen-bond acceptors (Lipinski definition) is 13. The lowest BCUT2D eigenvalue weighted by molar-refractivity contribution is -0.136. The number of benzene rings is 2. The zero-order valence-corrected chi connectivity index (χ0v) is 33.3. The molecule has 2 aromatic carbocycles. The maximum atomic E-state index is 13.2. The quantitative estimate of drug-likeness (QED) is 0.0844. The Kier molecular flexibility index (Phi) is 16.6. The van der Waals surface area contributed by atoms with Gasteiger partial charge >= 0.3 is 0 Å². The fraction of sp³-hybridized carbons (Fsp3) is 0.585. The van der Waals surface area contributed by atoms with Crippen molar-refractivity contribution in [3.05, 3.63) is 52.6 Å². The van der Waals surface area contributed by atoms with Crippen LogP contribution in [0.3, 0.4) is 0 Å². The largest absolute Gasteiger partial charge is 0.489 e. The van der Waals surface area contributed by atoms with E-state index in [-0.39, 0.29) is 36.0 Å². The second-order valence-corrected chi connectivity index (χ2v) is 14.5. The zero-order chi connectivity index (χ0) is 40.7. The lowest BCUT2D eigenvalue weighted by Crippen LogP contribution is -2.54. The van der Waals surface area contributed by atoms with E-state index in [2.05, 4.69) is 23.6 Å². The SMILES string of the molecule is Cc1cc(N)c(OC(C)C)cc1C1CCN(C(=O)CCOCCOCCOCCOCCOCCNc2cccc3c2C(=O)N(C2CCC(=O)NC2=O)C3=O)CC1. The van der Waals surface area contributed by atoms with Gasteiger partial charge in [-0.25, -0.2) is 0 Å². The number of likely N-dealkylation sites (tertiary alicyclic amines) is 1. The summed E-state index contributed by atoms with van der Waals surface area (Å²) < 4.78 is 33.8. The smallest absolute Gasteiger partial charge is 0.264 e. The summed E-state index contributed by atoms with van der Waals surface area (Å²) in [7, 11) is 0.